The molecule has 0 atom stereocenters. The molecule has 0 amide bonds. The van der Waals surface area contributed by atoms with Crippen LogP contribution in [0.1, 0.15) is 29.8 Å². The first-order valence-electron chi connectivity index (χ1n) is 12.0. The number of carbonyl (C=O) groups excluding carboxylic acids is 2. The average molecular weight is 586 g/mol. The first-order chi connectivity index (χ1) is 18.9. The second-order valence-corrected chi connectivity index (χ2v) is 10.8. The summed E-state index contributed by atoms with van der Waals surface area (Å²) in [6, 6.07) is 12.2. The maximum absolute atomic E-state index is 13.8. The fourth-order valence-electron chi connectivity index (χ4n) is 3.95. The Bertz CT molecular complexity index is 1680. The van der Waals surface area contributed by atoms with Crippen LogP contribution in [0, 0.1) is 3.95 Å². The van der Waals surface area contributed by atoms with E-state index in [-0.39, 0.29) is 37.9 Å². The van der Waals surface area contributed by atoms with Crippen LogP contribution in [0.3, 0.4) is 0 Å². The Morgan fingerprint density at radius 2 is 1.82 bits per heavy atom. The summed E-state index contributed by atoms with van der Waals surface area (Å²) in [5.74, 6) is 0.378. The van der Waals surface area contributed by atoms with Crippen molar-refractivity contribution in [3.8, 4) is 17.2 Å². The quantitative estimate of drug-likeness (QED) is 0.120. The van der Waals surface area contributed by atoms with Gasteiger partial charge in [0.15, 0.2) is 26.3 Å². The van der Waals surface area contributed by atoms with Gasteiger partial charge < -0.3 is 18.9 Å². The number of hydrogen-bond donors (Lipinski definition) is 0. The van der Waals surface area contributed by atoms with E-state index in [2.05, 4.69) is 0 Å². The number of carbonyl (C=O) groups is 2. The minimum atomic E-state index is -0.426. The van der Waals surface area contributed by atoms with Gasteiger partial charge in [-0.05, 0) is 68.0 Å². The molecule has 4 aromatic rings. The molecular weight excluding hydrogens is 563 g/mol. The molecule has 0 bridgehead atoms. The molecule has 2 aromatic heterocycles. The predicted octanol–water partition coefficient (Wildman–Crippen LogP) is 4.59. The van der Waals surface area contributed by atoms with Gasteiger partial charge in [-0.2, -0.15) is 0 Å². The van der Waals surface area contributed by atoms with Gasteiger partial charge in [-0.3, -0.25) is 18.7 Å². The minimum Gasteiger partial charge on any atom is -0.465 e. The number of ether oxygens (including phenoxy) is 4. The second-order valence-electron chi connectivity index (χ2n) is 8.19. The van der Waals surface area contributed by atoms with Crippen molar-refractivity contribution in [1.29, 1.82) is 0 Å². The lowest BCUT2D eigenvalue weighted by Gasteiger charge is -2.13. The number of hydrogen-bond acceptors (Lipinski definition) is 11. The molecule has 1 aliphatic heterocycles. The maximum Gasteiger partial charge on any atom is 0.338 e. The summed E-state index contributed by atoms with van der Waals surface area (Å²) in [6.07, 6.45) is 0. The third kappa shape index (κ3) is 5.56. The predicted molar refractivity (Wildman–Crippen MR) is 149 cm³/mol. The molecule has 3 heterocycles. The number of rotatable bonds is 9. The third-order valence-electron chi connectivity index (χ3n) is 5.70. The lowest BCUT2D eigenvalue weighted by atomic mass is 10.2. The average Bonchev–Trinajstić information content (AvgIpc) is 3.53. The van der Waals surface area contributed by atoms with Crippen LogP contribution in [0.4, 0.5) is 0 Å². The van der Waals surface area contributed by atoms with E-state index in [0.29, 0.717) is 42.2 Å². The van der Waals surface area contributed by atoms with Gasteiger partial charge in [0.1, 0.15) is 4.70 Å². The van der Waals surface area contributed by atoms with Crippen LogP contribution in [0.15, 0.2) is 52.4 Å². The van der Waals surface area contributed by atoms with Crippen molar-refractivity contribution >= 4 is 57.6 Å². The summed E-state index contributed by atoms with van der Waals surface area (Å²) in [5.41, 5.74) is 1.92. The van der Waals surface area contributed by atoms with Gasteiger partial charge in [0, 0.05) is 5.69 Å². The fourth-order valence-corrected chi connectivity index (χ4v) is 6.06. The first-order valence-corrected chi connectivity index (χ1v) is 14.2. The molecule has 13 heteroatoms. The molecule has 0 saturated carbocycles. The maximum atomic E-state index is 13.8. The fraction of sp³-hybridized carbons (Fsp3) is 0.269. The lowest BCUT2D eigenvalue weighted by molar-refractivity contribution is -0.139. The van der Waals surface area contributed by atoms with Crippen LogP contribution in [0.25, 0.3) is 16.0 Å². The van der Waals surface area contributed by atoms with Gasteiger partial charge in [-0.15, -0.1) is 0 Å². The molecule has 0 saturated heterocycles. The molecule has 0 radical (unpaired) electrons. The lowest BCUT2D eigenvalue weighted by Crippen LogP contribution is -2.24. The highest BCUT2D eigenvalue weighted by Gasteiger charge is 2.21. The smallest absolute Gasteiger partial charge is 0.338 e. The second kappa shape index (κ2) is 11.6. The van der Waals surface area contributed by atoms with E-state index in [1.54, 1.807) is 48.7 Å². The van der Waals surface area contributed by atoms with Crippen LogP contribution in [-0.4, -0.2) is 51.8 Å². The van der Waals surface area contributed by atoms with Crippen molar-refractivity contribution in [2.75, 3.05) is 25.8 Å². The summed E-state index contributed by atoms with van der Waals surface area (Å²) in [6.45, 7) is 4.34. The molecule has 2 aromatic carbocycles. The highest BCUT2D eigenvalue weighted by molar-refractivity contribution is 7.99. The van der Waals surface area contributed by atoms with Crippen LogP contribution >= 0.6 is 35.3 Å². The van der Waals surface area contributed by atoms with Gasteiger partial charge in [-0.1, -0.05) is 29.2 Å². The highest BCUT2D eigenvalue weighted by atomic mass is 32.2. The zero-order valence-corrected chi connectivity index (χ0v) is 23.5. The molecule has 0 spiro atoms. The first kappa shape index (κ1) is 26.9. The van der Waals surface area contributed by atoms with Gasteiger partial charge in [0.2, 0.25) is 6.79 Å². The number of aromatic nitrogens is 3. The molecule has 5 rings (SSSR count). The van der Waals surface area contributed by atoms with E-state index in [9.17, 15) is 14.4 Å². The molecule has 0 fully saturated rings. The highest BCUT2D eigenvalue weighted by Crippen LogP contribution is 2.33. The number of benzene rings is 2. The van der Waals surface area contributed by atoms with E-state index in [1.807, 2.05) is 12.1 Å². The summed E-state index contributed by atoms with van der Waals surface area (Å²) in [4.78, 5) is 42.8. The van der Waals surface area contributed by atoms with Crippen LogP contribution in [0.5, 0.6) is 11.5 Å². The summed E-state index contributed by atoms with van der Waals surface area (Å²) >= 11 is 7.88. The van der Waals surface area contributed by atoms with E-state index in [1.165, 1.54) is 4.57 Å². The number of nitrogens with zero attached hydrogens (tertiary/aromatic N) is 3. The Kier molecular flexibility index (Phi) is 8.00. The van der Waals surface area contributed by atoms with Crippen molar-refractivity contribution in [3.05, 3.63) is 67.9 Å². The molecule has 1 aliphatic rings. The topological polar surface area (TPSA) is 111 Å². The Hall–Kier alpha value is -3.68. The molecule has 10 nitrogen and oxygen atoms in total. The normalized spacial score (nSPS) is 12.1. The molecule has 0 N–H and O–H groups in total. The van der Waals surface area contributed by atoms with E-state index in [0.717, 1.165) is 28.7 Å². The monoisotopic (exact) mass is 585 g/mol. The van der Waals surface area contributed by atoms with Crippen molar-refractivity contribution in [2.24, 2.45) is 0 Å². The molecule has 0 aliphatic carbocycles. The SMILES string of the molecule is CCOC(=O)CSc1nc2c(sc(=S)n2-c2ccc(C(=O)OCC)cc2)c(=O)n1Cc1ccc2c(c1)OCO2. The number of thioether (sulfide) groups is 1. The standard InChI is InChI=1S/C26H23N3O7S3/c1-3-33-20(30)13-38-25-27-22-21(23(31)28(25)12-15-5-10-18-19(11-15)36-14-35-18)39-26(37)29(22)17-8-6-16(7-9-17)24(32)34-4-2/h5-11H,3-4,12-14H2,1-2H3. The Morgan fingerprint density at radius 3 is 2.56 bits per heavy atom. The van der Waals surface area contributed by atoms with E-state index in [4.69, 9.17) is 36.1 Å². The summed E-state index contributed by atoms with van der Waals surface area (Å²) < 4.78 is 25.0. The number of esters is 2. The van der Waals surface area contributed by atoms with Crippen LogP contribution in [0.2, 0.25) is 0 Å². The number of thiazole rings is 1. The van der Waals surface area contributed by atoms with Crippen LogP contribution < -0.4 is 15.0 Å². The molecule has 39 heavy (non-hydrogen) atoms. The third-order valence-corrected chi connectivity index (χ3v) is 8.00. The van der Waals surface area contributed by atoms with Gasteiger partial charge in [0.25, 0.3) is 5.56 Å². The van der Waals surface area contributed by atoms with E-state index < -0.39 is 11.9 Å². The molecular formula is C26H23N3O7S3. The van der Waals surface area contributed by atoms with Gasteiger partial charge in [-0.25, -0.2) is 9.78 Å². The van der Waals surface area contributed by atoms with Crippen molar-refractivity contribution in [3.63, 3.8) is 0 Å². The summed E-state index contributed by atoms with van der Waals surface area (Å²) in [5, 5.41) is 0.336. The van der Waals surface area contributed by atoms with Gasteiger partial charge in [0.05, 0.1) is 31.1 Å². The largest absolute Gasteiger partial charge is 0.465 e. The van der Waals surface area contributed by atoms with Crippen molar-refractivity contribution in [1.82, 2.24) is 14.1 Å². The zero-order valence-electron chi connectivity index (χ0n) is 21.0. The molecule has 0 unspecified atom stereocenters. The summed E-state index contributed by atoms with van der Waals surface area (Å²) in [7, 11) is 0. The minimum absolute atomic E-state index is 0.0218. The zero-order chi connectivity index (χ0) is 27.5. The van der Waals surface area contributed by atoms with Crippen molar-refractivity contribution in [2.45, 2.75) is 25.5 Å². The Balaban J connectivity index is 1.58. The Morgan fingerprint density at radius 1 is 1.08 bits per heavy atom. The number of fused-ring (bicyclic) bond motifs is 2. The Labute approximate surface area is 236 Å². The van der Waals surface area contributed by atoms with Crippen molar-refractivity contribution < 1.29 is 28.5 Å². The van der Waals surface area contributed by atoms with Crippen LogP contribution in [-0.2, 0) is 20.8 Å². The van der Waals surface area contributed by atoms with Gasteiger partial charge >= 0.3 is 11.9 Å². The van der Waals surface area contributed by atoms with E-state index >= 15 is 0 Å². The molecule has 202 valence electrons.